The van der Waals surface area contributed by atoms with Gasteiger partial charge in [-0.15, -0.1) is 0 Å². The molecule has 70 valence electrons. The second-order valence-corrected chi connectivity index (χ2v) is 2.88. The third kappa shape index (κ3) is 1.19. The number of methoxy groups -OCH3 is 1. The molecule has 0 aliphatic heterocycles. The van der Waals surface area contributed by atoms with Crippen molar-refractivity contribution >= 4 is 11.0 Å². The molecule has 1 heterocycles. The summed E-state index contributed by atoms with van der Waals surface area (Å²) in [6.07, 6.45) is 1.93. The molecular formula is C10H9N3O. The van der Waals surface area contributed by atoms with E-state index in [1.807, 2.05) is 12.1 Å². The maximum Gasteiger partial charge on any atom is 0.125 e. The van der Waals surface area contributed by atoms with Crippen LogP contribution in [-0.2, 0) is 6.42 Å². The first-order chi connectivity index (χ1) is 6.86. The van der Waals surface area contributed by atoms with Crippen LogP contribution >= 0.6 is 0 Å². The van der Waals surface area contributed by atoms with Crippen LogP contribution in [0.1, 0.15) is 5.56 Å². The van der Waals surface area contributed by atoms with E-state index < -0.39 is 0 Å². The predicted octanol–water partition coefficient (Wildman–Crippen LogP) is 1.64. The van der Waals surface area contributed by atoms with Crippen LogP contribution in [0.15, 0.2) is 18.5 Å². The highest BCUT2D eigenvalue weighted by Crippen LogP contribution is 2.25. The minimum Gasteiger partial charge on any atom is -0.496 e. The minimum absolute atomic E-state index is 0.311. The minimum atomic E-state index is 0.311. The molecule has 0 radical (unpaired) electrons. The fourth-order valence-corrected chi connectivity index (χ4v) is 1.49. The maximum absolute atomic E-state index is 8.69. The zero-order valence-electron chi connectivity index (χ0n) is 7.74. The number of imidazole rings is 1. The Kier molecular flexibility index (Phi) is 2.07. The topological polar surface area (TPSA) is 61.7 Å². The SMILES string of the molecule is COc1ccc2[nH]cnc2c1CC#N. The summed E-state index contributed by atoms with van der Waals surface area (Å²) in [7, 11) is 1.59. The Hall–Kier alpha value is -2.02. The molecule has 0 saturated heterocycles. The van der Waals surface area contributed by atoms with Crippen molar-refractivity contribution < 1.29 is 4.74 Å². The molecule has 1 aromatic carbocycles. The summed E-state index contributed by atoms with van der Waals surface area (Å²) in [6, 6.07) is 5.84. The predicted molar refractivity (Wildman–Crippen MR) is 52.0 cm³/mol. The Labute approximate surface area is 81.1 Å². The van der Waals surface area contributed by atoms with Crippen molar-refractivity contribution in [1.29, 1.82) is 5.26 Å². The van der Waals surface area contributed by atoms with Crippen molar-refractivity contribution in [3.8, 4) is 11.8 Å². The number of hydrogen-bond donors (Lipinski definition) is 1. The van der Waals surface area contributed by atoms with Gasteiger partial charge in [0.1, 0.15) is 5.75 Å². The van der Waals surface area contributed by atoms with Crippen LogP contribution in [0, 0.1) is 11.3 Å². The molecule has 2 rings (SSSR count). The molecule has 4 heteroatoms. The van der Waals surface area contributed by atoms with Crippen LogP contribution in [0.4, 0.5) is 0 Å². The number of benzene rings is 1. The lowest BCUT2D eigenvalue weighted by atomic mass is 10.1. The fraction of sp³-hybridized carbons (Fsp3) is 0.200. The van der Waals surface area contributed by atoms with Crippen LogP contribution in [0.2, 0.25) is 0 Å². The molecule has 0 spiro atoms. The number of H-pyrrole nitrogens is 1. The Bertz CT molecular complexity index is 496. The number of nitriles is 1. The van der Waals surface area contributed by atoms with Crippen LogP contribution in [0.3, 0.4) is 0 Å². The van der Waals surface area contributed by atoms with Crippen molar-refractivity contribution in [1.82, 2.24) is 9.97 Å². The van der Waals surface area contributed by atoms with Crippen molar-refractivity contribution in [3.63, 3.8) is 0 Å². The summed E-state index contributed by atoms with van der Waals surface area (Å²) in [5.74, 6) is 0.714. The van der Waals surface area contributed by atoms with E-state index in [4.69, 9.17) is 10.00 Å². The monoisotopic (exact) mass is 187 g/mol. The average Bonchev–Trinajstić information content (AvgIpc) is 2.67. The average molecular weight is 187 g/mol. The fourth-order valence-electron chi connectivity index (χ4n) is 1.49. The molecule has 0 aliphatic carbocycles. The van der Waals surface area contributed by atoms with E-state index in [9.17, 15) is 0 Å². The molecule has 0 atom stereocenters. The molecule has 1 N–H and O–H groups in total. The number of ether oxygens (including phenoxy) is 1. The Morgan fingerprint density at radius 3 is 3.14 bits per heavy atom. The lowest BCUT2D eigenvalue weighted by Crippen LogP contribution is -1.92. The smallest absolute Gasteiger partial charge is 0.125 e. The second-order valence-electron chi connectivity index (χ2n) is 2.88. The molecule has 0 bridgehead atoms. The molecule has 0 saturated carbocycles. The lowest BCUT2D eigenvalue weighted by Gasteiger charge is -2.05. The van der Waals surface area contributed by atoms with Gasteiger partial charge < -0.3 is 9.72 Å². The zero-order chi connectivity index (χ0) is 9.97. The van der Waals surface area contributed by atoms with E-state index >= 15 is 0 Å². The molecule has 1 aromatic heterocycles. The van der Waals surface area contributed by atoms with Gasteiger partial charge in [0.05, 0.1) is 37.0 Å². The van der Waals surface area contributed by atoms with Gasteiger partial charge in [-0.05, 0) is 12.1 Å². The molecule has 0 amide bonds. The van der Waals surface area contributed by atoms with E-state index in [1.165, 1.54) is 0 Å². The van der Waals surface area contributed by atoms with Crippen molar-refractivity contribution in [2.45, 2.75) is 6.42 Å². The van der Waals surface area contributed by atoms with Gasteiger partial charge in [-0.25, -0.2) is 4.98 Å². The summed E-state index contributed by atoms with van der Waals surface area (Å²) in [5, 5.41) is 8.69. The standard InChI is InChI=1S/C10H9N3O/c1-14-9-3-2-8-10(13-6-12-8)7(9)4-5-11/h2-3,6H,4H2,1H3,(H,12,13). The number of aromatic nitrogens is 2. The van der Waals surface area contributed by atoms with E-state index in [-0.39, 0.29) is 0 Å². The van der Waals surface area contributed by atoms with Crippen molar-refractivity contribution in [2.75, 3.05) is 7.11 Å². The first-order valence-electron chi connectivity index (χ1n) is 4.22. The molecule has 2 aromatic rings. The lowest BCUT2D eigenvalue weighted by molar-refractivity contribution is 0.411. The number of nitrogens with zero attached hydrogens (tertiary/aromatic N) is 2. The summed E-state index contributed by atoms with van der Waals surface area (Å²) in [4.78, 5) is 7.15. The molecule has 0 aliphatic rings. The maximum atomic E-state index is 8.69. The third-order valence-electron chi connectivity index (χ3n) is 2.13. The number of hydrogen-bond acceptors (Lipinski definition) is 3. The van der Waals surface area contributed by atoms with Crippen LogP contribution in [-0.4, -0.2) is 17.1 Å². The van der Waals surface area contributed by atoms with Crippen LogP contribution in [0.25, 0.3) is 11.0 Å². The highest BCUT2D eigenvalue weighted by atomic mass is 16.5. The third-order valence-corrected chi connectivity index (χ3v) is 2.13. The van der Waals surface area contributed by atoms with E-state index in [0.29, 0.717) is 12.2 Å². The summed E-state index contributed by atoms with van der Waals surface area (Å²) in [6.45, 7) is 0. The van der Waals surface area contributed by atoms with Crippen molar-refractivity contribution in [2.24, 2.45) is 0 Å². The quantitative estimate of drug-likeness (QED) is 0.777. The number of nitrogens with one attached hydrogen (secondary N) is 1. The molecule has 0 fully saturated rings. The summed E-state index contributed by atoms with van der Waals surface area (Å²) >= 11 is 0. The normalized spacial score (nSPS) is 10.0. The Morgan fingerprint density at radius 2 is 2.43 bits per heavy atom. The van der Waals surface area contributed by atoms with Crippen LogP contribution in [0.5, 0.6) is 5.75 Å². The van der Waals surface area contributed by atoms with Gasteiger partial charge in [0.15, 0.2) is 0 Å². The Balaban J connectivity index is 2.70. The highest BCUT2D eigenvalue weighted by molar-refractivity contribution is 5.81. The van der Waals surface area contributed by atoms with E-state index in [1.54, 1.807) is 13.4 Å². The largest absolute Gasteiger partial charge is 0.496 e. The van der Waals surface area contributed by atoms with Gasteiger partial charge in [0, 0.05) is 5.56 Å². The number of fused-ring (bicyclic) bond motifs is 1. The number of aromatic amines is 1. The summed E-state index contributed by atoms with van der Waals surface area (Å²) in [5.41, 5.74) is 2.58. The zero-order valence-corrected chi connectivity index (χ0v) is 7.74. The van der Waals surface area contributed by atoms with Crippen molar-refractivity contribution in [3.05, 3.63) is 24.0 Å². The molecular weight excluding hydrogens is 178 g/mol. The summed E-state index contributed by atoms with van der Waals surface area (Å²) < 4.78 is 5.17. The van der Waals surface area contributed by atoms with Gasteiger partial charge in [-0.3, -0.25) is 0 Å². The molecule has 4 nitrogen and oxygen atoms in total. The van der Waals surface area contributed by atoms with Gasteiger partial charge in [-0.1, -0.05) is 0 Å². The highest BCUT2D eigenvalue weighted by Gasteiger charge is 2.09. The van der Waals surface area contributed by atoms with Crippen LogP contribution < -0.4 is 4.74 Å². The van der Waals surface area contributed by atoms with E-state index in [2.05, 4.69) is 16.0 Å². The molecule has 0 unspecified atom stereocenters. The molecule has 14 heavy (non-hydrogen) atoms. The van der Waals surface area contributed by atoms with Gasteiger partial charge in [-0.2, -0.15) is 5.26 Å². The second kappa shape index (κ2) is 3.38. The number of rotatable bonds is 2. The van der Waals surface area contributed by atoms with Gasteiger partial charge in [0.25, 0.3) is 0 Å². The first-order valence-corrected chi connectivity index (χ1v) is 4.22. The first kappa shape index (κ1) is 8.57. The van der Waals surface area contributed by atoms with Gasteiger partial charge in [0.2, 0.25) is 0 Å². The van der Waals surface area contributed by atoms with Gasteiger partial charge >= 0.3 is 0 Å². The van der Waals surface area contributed by atoms with E-state index in [0.717, 1.165) is 16.6 Å². The Morgan fingerprint density at radius 1 is 1.57 bits per heavy atom.